The number of hydrogen-bond donors (Lipinski definition) is 1. The van der Waals surface area contributed by atoms with Crippen LogP contribution in [0.1, 0.15) is 5.56 Å². The van der Waals surface area contributed by atoms with Gasteiger partial charge in [0.05, 0.1) is 4.90 Å². The van der Waals surface area contributed by atoms with E-state index >= 15 is 0 Å². The molecular weight excluding hydrogens is 278 g/mol. The Kier molecular flexibility index (Phi) is 4.31. The lowest BCUT2D eigenvalue weighted by Gasteiger charge is -2.09. The Morgan fingerprint density at radius 1 is 1.40 bits per heavy atom. The van der Waals surface area contributed by atoms with Gasteiger partial charge in [0.25, 0.3) is 0 Å². The van der Waals surface area contributed by atoms with E-state index in [1.165, 1.54) is 6.26 Å². The van der Waals surface area contributed by atoms with Crippen molar-refractivity contribution in [1.82, 2.24) is 5.32 Å². The lowest BCUT2D eigenvalue weighted by molar-refractivity contribution is 0.600. The summed E-state index contributed by atoms with van der Waals surface area (Å²) in [6, 6.07) is 5.24. The number of rotatable bonds is 4. The fourth-order valence-electron chi connectivity index (χ4n) is 1.38. The van der Waals surface area contributed by atoms with Gasteiger partial charge in [-0.25, -0.2) is 8.42 Å². The van der Waals surface area contributed by atoms with Crippen LogP contribution in [0.25, 0.3) is 0 Å². The van der Waals surface area contributed by atoms with E-state index in [0.29, 0.717) is 11.3 Å². The van der Waals surface area contributed by atoms with Crippen LogP contribution in [0.5, 0.6) is 0 Å². The Morgan fingerprint density at radius 3 is 2.60 bits per heavy atom. The monoisotopic (exact) mass is 291 g/mol. The van der Waals surface area contributed by atoms with Gasteiger partial charge in [0.1, 0.15) is 0 Å². The van der Waals surface area contributed by atoms with Gasteiger partial charge < -0.3 is 5.32 Å². The minimum atomic E-state index is -3.14. The number of halogens is 1. The van der Waals surface area contributed by atoms with Gasteiger partial charge in [-0.2, -0.15) is 0 Å². The molecule has 0 fully saturated rings. The standard InChI is InChI=1S/C10H14BrNO2S/c1-12-7-6-8-9(11)4-3-5-10(8)15(2,13)14/h3-5,12H,6-7H2,1-2H3. The summed E-state index contributed by atoms with van der Waals surface area (Å²) in [5.74, 6) is 0. The van der Waals surface area contributed by atoms with Crippen molar-refractivity contribution in [3.8, 4) is 0 Å². The summed E-state index contributed by atoms with van der Waals surface area (Å²) in [5, 5.41) is 3.01. The number of sulfone groups is 1. The smallest absolute Gasteiger partial charge is 0.175 e. The van der Waals surface area contributed by atoms with Crippen molar-refractivity contribution in [3.63, 3.8) is 0 Å². The first-order chi connectivity index (χ1) is 6.96. The summed E-state index contributed by atoms with van der Waals surface area (Å²) in [5.41, 5.74) is 0.842. The van der Waals surface area contributed by atoms with Crippen LogP contribution in [0.15, 0.2) is 27.6 Å². The van der Waals surface area contributed by atoms with Crippen LogP contribution >= 0.6 is 15.9 Å². The minimum absolute atomic E-state index is 0.409. The highest BCUT2D eigenvalue weighted by Crippen LogP contribution is 2.24. The lowest BCUT2D eigenvalue weighted by Crippen LogP contribution is -2.13. The summed E-state index contributed by atoms with van der Waals surface area (Å²) in [6.07, 6.45) is 1.93. The third kappa shape index (κ3) is 3.29. The van der Waals surface area contributed by atoms with Gasteiger partial charge in [-0.1, -0.05) is 22.0 Å². The van der Waals surface area contributed by atoms with Crippen LogP contribution in [0.4, 0.5) is 0 Å². The largest absolute Gasteiger partial charge is 0.319 e. The quantitative estimate of drug-likeness (QED) is 0.917. The highest BCUT2D eigenvalue weighted by molar-refractivity contribution is 9.10. The molecule has 15 heavy (non-hydrogen) atoms. The fraction of sp³-hybridized carbons (Fsp3) is 0.400. The molecule has 0 unspecified atom stereocenters. The van der Waals surface area contributed by atoms with E-state index in [-0.39, 0.29) is 0 Å². The van der Waals surface area contributed by atoms with Gasteiger partial charge in [-0.05, 0) is 37.7 Å². The topological polar surface area (TPSA) is 46.2 Å². The Labute approximate surface area is 98.9 Å². The van der Waals surface area contributed by atoms with Crippen molar-refractivity contribution >= 4 is 25.8 Å². The lowest BCUT2D eigenvalue weighted by atomic mass is 10.1. The zero-order valence-electron chi connectivity index (χ0n) is 8.75. The molecule has 0 spiro atoms. The first-order valence-electron chi connectivity index (χ1n) is 4.59. The number of benzene rings is 1. The molecule has 0 aliphatic heterocycles. The molecule has 0 saturated heterocycles. The van der Waals surface area contributed by atoms with Gasteiger partial charge in [-0.3, -0.25) is 0 Å². The van der Waals surface area contributed by atoms with Crippen molar-refractivity contribution in [2.75, 3.05) is 19.8 Å². The van der Waals surface area contributed by atoms with Crippen molar-refractivity contribution in [2.24, 2.45) is 0 Å². The highest BCUT2D eigenvalue weighted by Gasteiger charge is 2.14. The van der Waals surface area contributed by atoms with Gasteiger partial charge >= 0.3 is 0 Å². The second-order valence-corrected chi connectivity index (χ2v) is 6.18. The molecule has 84 valence electrons. The van der Waals surface area contributed by atoms with Crippen molar-refractivity contribution in [3.05, 3.63) is 28.2 Å². The zero-order valence-corrected chi connectivity index (χ0v) is 11.2. The van der Waals surface area contributed by atoms with E-state index in [1.807, 2.05) is 13.1 Å². The van der Waals surface area contributed by atoms with Crippen LogP contribution in [0.2, 0.25) is 0 Å². The molecule has 1 N–H and O–H groups in total. The molecule has 0 saturated carbocycles. The maximum absolute atomic E-state index is 11.5. The minimum Gasteiger partial charge on any atom is -0.319 e. The number of nitrogens with one attached hydrogen (secondary N) is 1. The summed E-state index contributed by atoms with van der Waals surface area (Å²) in [7, 11) is -1.30. The van der Waals surface area contributed by atoms with Crippen LogP contribution < -0.4 is 5.32 Å². The summed E-state index contributed by atoms with van der Waals surface area (Å²) in [6.45, 7) is 0.755. The number of likely N-dealkylation sites (N-methyl/N-ethyl adjacent to an activating group) is 1. The Bertz CT molecular complexity index is 443. The van der Waals surface area contributed by atoms with E-state index in [9.17, 15) is 8.42 Å². The third-order valence-electron chi connectivity index (χ3n) is 2.10. The van der Waals surface area contributed by atoms with E-state index < -0.39 is 9.84 Å². The maximum Gasteiger partial charge on any atom is 0.175 e. The molecule has 3 nitrogen and oxygen atoms in total. The first-order valence-corrected chi connectivity index (χ1v) is 7.27. The second kappa shape index (κ2) is 5.09. The van der Waals surface area contributed by atoms with E-state index in [2.05, 4.69) is 21.2 Å². The molecule has 5 heteroatoms. The predicted octanol–water partition coefficient (Wildman–Crippen LogP) is 1.61. The molecular formula is C10H14BrNO2S. The van der Waals surface area contributed by atoms with Crippen LogP contribution in [0, 0.1) is 0 Å². The number of hydrogen-bond acceptors (Lipinski definition) is 3. The maximum atomic E-state index is 11.5. The Balaban J connectivity index is 3.21. The van der Waals surface area contributed by atoms with Crippen LogP contribution in [0.3, 0.4) is 0 Å². The van der Waals surface area contributed by atoms with Crippen molar-refractivity contribution < 1.29 is 8.42 Å². The zero-order chi connectivity index (χ0) is 11.5. The summed E-state index contributed by atoms with van der Waals surface area (Å²) < 4.78 is 23.9. The molecule has 0 atom stereocenters. The SMILES string of the molecule is CNCCc1c(Br)cccc1S(C)(=O)=O. The van der Waals surface area contributed by atoms with E-state index in [1.54, 1.807) is 12.1 Å². The molecule has 0 amide bonds. The van der Waals surface area contributed by atoms with Crippen molar-refractivity contribution in [1.29, 1.82) is 0 Å². The second-order valence-electron chi connectivity index (χ2n) is 3.34. The van der Waals surface area contributed by atoms with Gasteiger partial charge in [0.15, 0.2) is 9.84 Å². The fourth-order valence-corrected chi connectivity index (χ4v) is 3.06. The van der Waals surface area contributed by atoms with E-state index in [0.717, 1.165) is 16.6 Å². The average Bonchev–Trinajstić information content (AvgIpc) is 2.14. The molecule has 1 rings (SSSR count). The highest BCUT2D eigenvalue weighted by atomic mass is 79.9. The van der Waals surface area contributed by atoms with Gasteiger partial charge in [0.2, 0.25) is 0 Å². The predicted molar refractivity (Wildman–Crippen MR) is 64.9 cm³/mol. The molecule has 0 bridgehead atoms. The molecule has 1 aromatic rings. The molecule has 0 aromatic heterocycles. The molecule has 0 aliphatic rings. The molecule has 0 heterocycles. The van der Waals surface area contributed by atoms with E-state index in [4.69, 9.17) is 0 Å². The summed E-state index contributed by atoms with van der Waals surface area (Å²) >= 11 is 3.38. The Morgan fingerprint density at radius 2 is 2.07 bits per heavy atom. The molecule has 1 aromatic carbocycles. The summed E-state index contributed by atoms with van der Waals surface area (Å²) in [4.78, 5) is 0.409. The normalized spacial score (nSPS) is 11.7. The van der Waals surface area contributed by atoms with Crippen LogP contribution in [-0.4, -0.2) is 28.3 Å². The molecule has 0 aliphatic carbocycles. The average molecular weight is 292 g/mol. The van der Waals surface area contributed by atoms with Crippen LogP contribution in [-0.2, 0) is 16.3 Å². The molecule has 0 radical (unpaired) electrons. The third-order valence-corrected chi connectivity index (χ3v) is 4.02. The van der Waals surface area contributed by atoms with Gasteiger partial charge in [0, 0.05) is 10.7 Å². The Hall–Kier alpha value is -0.390. The van der Waals surface area contributed by atoms with Crippen molar-refractivity contribution in [2.45, 2.75) is 11.3 Å². The van der Waals surface area contributed by atoms with Gasteiger partial charge in [-0.15, -0.1) is 0 Å². The first kappa shape index (κ1) is 12.7.